The molecule has 2 rings (SSSR count). The zero-order chi connectivity index (χ0) is 10.0. The van der Waals surface area contributed by atoms with Crippen LogP contribution in [0.25, 0.3) is 0 Å². The molecular weight excluding hydrogens is 182 g/mol. The molecule has 0 radical (unpaired) electrons. The number of carbonyl (C=O) groups excluding carboxylic acids is 1. The van der Waals surface area contributed by atoms with Crippen molar-refractivity contribution in [2.45, 2.75) is 18.4 Å². The summed E-state index contributed by atoms with van der Waals surface area (Å²) in [5, 5.41) is 3.33. The van der Waals surface area contributed by atoms with Gasteiger partial charge in [-0.2, -0.15) is 0 Å². The van der Waals surface area contributed by atoms with Gasteiger partial charge >= 0.3 is 6.03 Å². The van der Waals surface area contributed by atoms with Crippen LogP contribution >= 0.6 is 0 Å². The van der Waals surface area contributed by atoms with Crippen molar-refractivity contribution in [2.24, 2.45) is 5.73 Å². The number of amides is 2. The molecule has 2 amide bonds. The van der Waals surface area contributed by atoms with Crippen LogP contribution in [0.1, 0.15) is 12.8 Å². The molecule has 0 bridgehead atoms. The Kier molecular flexibility index (Phi) is 2.60. The van der Waals surface area contributed by atoms with Gasteiger partial charge in [-0.1, -0.05) is 0 Å². The van der Waals surface area contributed by atoms with Gasteiger partial charge in [-0.05, 0) is 12.8 Å². The summed E-state index contributed by atoms with van der Waals surface area (Å²) in [6, 6.07) is -0.316. The second-order valence-electron chi connectivity index (χ2n) is 4.03. The molecule has 0 aromatic rings. The quantitative estimate of drug-likeness (QED) is 0.553. The summed E-state index contributed by atoms with van der Waals surface area (Å²) in [7, 11) is 0. The third kappa shape index (κ3) is 1.83. The number of hydrogen-bond acceptors (Lipinski definition) is 3. The van der Waals surface area contributed by atoms with Gasteiger partial charge in [0, 0.05) is 26.2 Å². The zero-order valence-electron chi connectivity index (χ0n) is 8.29. The van der Waals surface area contributed by atoms with Crippen LogP contribution in [-0.4, -0.2) is 49.3 Å². The topological polar surface area (TPSA) is 67.6 Å². The van der Waals surface area contributed by atoms with Crippen LogP contribution < -0.4 is 11.1 Å². The standard InChI is InChI=1S/C9H17N3O2/c10-8(13)12-4-1-9(2-5-12)7-11-3-6-14-9/h11H,1-7H2,(H2,10,13). The second-order valence-corrected chi connectivity index (χ2v) is 4.03. The van der Waals surface area contributed by atoms with E-state index in [1.807, 2.05) is 0 Å². The molecule has 5 nitrogen and oxygen atoms in total. The summed E-state index contributed by atoms with van der Waals surface area (Å²) < 4.78 is 5.79. The minimum absolute atomic E-state index is 0.0375. The molecule has 3 N–H and O–H groups in total. The number of urea groups is 1. The second kappa shape index (κ2) is 3.74. The van der Waals surface area contributed by atoms with E-state index in [0.29, 0.717) is 0 Å². The fraction of sp³-hybridized carbons (Fsp3) is 0.889. The van der Waals surface area contributed by atoms with E-state index in [2.05, 4.69) is 5.32 Å². The van der Waals surface area contributed by atoms with E-state index in [4.69, 9.17) is 10.5 Å². The van der Waals surface area contributed by atoms with Crippen molar-refractivity contribution in [3.8, 4) is 0 Å². The zero-order valence-corrected chi connectivity index (χ0v) is 8.29. The lowest BCUT2D eigenvalue weighted by Crippen LogP contribution is -2.56. The summed E-state index contributed by atoms with van der Waals surface area (Å²) in [4.78, 5) is 12.6. The van der Waals surface area contributed by atoms with E-state index in [1.165, 1.54) is 0 Å². The van der Waals surface area contributed by atoms with Crippen LogP contribution in [0.5, 0.6) is 0 Å². The highest BCUT2D eigenvalue weighted by Gasteiger charge is 2.37. The van der Waals surface area contributed by atoms with E-state index in [1.54, 1.807) is 4.90 Å². The number of morpholine rings is 1. The Morgan fingerprint density at radius 3 is 2.64 bits per heavy atom. The lowest BCUT2D eigenvalue weighted by Gasteiger charge is -2.43. The number of carbonyl (C=O) groups is 1. The Morgan fingerprint density at radius 1 is 1.43 bits per heavy atom. The van der Waals surface area contributed by atoms with Crippen LogP contribution in [0.4, 0.5) is 4.79 Å². The number of piperidine rings is 1. The third-order valence-corrected chi connectivity index (χ3v) is 3.12. The van der Waals surface area contributed by atoms with Gasteiger partial charge in [0.2, 0.25) is 0 Å². The molecule has 80 valence electrons. The molecule has 5 heteroatoms. The minimum atomic E-state index is -0.316. The highest BCUT2D eigenvalue weighted by molar-refractivity contribution is 5.72. The predicted octanol–water partition coefficient (Wildman–Crippen LogP) is -0.480. The molecule has 0 aromatic heterocycles. The summed E-state index contributed by atoms with van der Waals surface area (Å²) in [5.74, 6) is 0. The van der Waals surface area contributed by atoms with Gasteiger partial charge in [0.1, 0.15) is 0 Å². The van der Waals surface area contributed by atoms with Crippen LogP contribution in [-0.2, 0) is 4.74 Å². The van der Waals surface area contributed by atoms with Gasteiger partial charge in [-0.15, -0.1) is 0 Å². The number of nitrogens with one attached hydrogen (secondary N) is 1. The fourth-order valence-electron chi connectivity index (χ4n) is 2.16. The molecule has 1 spiro atoms. The molecular formula is C9H17N3O2. The minimum Gasteiger partial charge on any atom is -0.372 e. The van der Waals surface area contributed by atoms with Crippen LogP contribution in [0, 0.1) is 0 Å². The van der Waals surface area contributed by atoms with Crippen molar-refractivity contribution in [3.05, 3.63) is 0 Å². The molecule has 2 aliphatic rings. The van der Waals surface area contributed by atoms with Crippen molar-refractivity contribution in [1.29, 1.82) is 0 Å². The molecule has 14 heavy (non-hydrogen) atoms. The number of nitrogens with zero attached hydrogens (tertiary/aromatic N) is 1. The first-order chi connectivity index (χ1) is 6.72. The van der Waals surface area contributed by atoms with Crippen LogP contribution in [0.3, 0.4) is 0 Å². The number of nitrogens with two attached hydrogens (primary N) is 1. The maximum Gasteiger partial charge on any atom is 0.314 e. The molecule has 0 aromatic carbocycles. The Balaban J connectivity index is 1.90. The first-order valence-corrected chi connectivity index (χ1v) is 5.11. The van der Waals surface area contributed by atoms with Crippen molar-refractivity contribution in [1.82, 2.24) is 10.2 Å². The fourth-order valence-corrected chi connectivity index (χ4v) is 2.16. The Morgan fingerprint density at radius 2 is 2.14 bits per heavy atom. The summed E-state index contributed by atoms with van der Waals surface area (Å²) in [6.45, 7) is 4.05. The normalized spacial score (nSPS) is 26.4. The lowest BCUT2D eigenvalue weighted by atomic mass is 9.90. The van der Waals surface area contributed by atoms with Crippen molar-refractivity contribution in [3.63, 3.8) is 0 Å². The van der Waals surface area contributed by atoms with Gasteiger partial charge in [0.05, 0.1) is 12.2 Å². The maximum atomic E-state index is 10.9. The predicted molar refractivity (Wildman–Crippen MR) is 51.9 cm³/mol. The molecule has 0 saturated carbocycles. The van der Waals surface area contributed by atoms with Crippen LogP contribution in [0.15, 0.2) is 0 Å². The van der Waals surface area contributed by atoms with E-state index >= 15 is 0 Å². The summed E-state index contributed by atoms with van der Waals surface area (Å²) in [6.07, 6.45) is 1.78. The molecule has 2 heterocycles. The summed E-state index contributed by atoms with van der Waals surface area (Å²) in [5.41, 5.74) is 5.18. The largest absolute Gasteiger partial charge is 0.372 e. The van der Waals surface area contributed by atoms with Crippen molar-refractivity contribution >= 4 is 6.03 Å². The molecule has 0 aliphatic carbocycles. The van der Waals surface area contributed by atoms with Gasteiger partial charge in [-0.25, -0.2) is 4.79 Å². The highest BCUT2D eigenvalue weighted by Crippen LogP contribution is 2.27. The highest BCUT2D eigenvalue weighted by atomic mass is 16.5. The van der Waals surface area contributed by atoms with E-state index in [-0.39, 0.29) is 11.6 Å². The van der Waals surface area contributed by atoms with Gasteiger partial charge in [0.25, 0.3) is 0 Å². The Labute approximate surface area is 83.6 Å². The molecule has 2 aliphatic heterocycles. The van der Waals surface area contributed by atoms with Crippen molar-refractivity contribution < 1.29 is 9.53 Å². The third-order valence-electron chi connectivity index (χ3n) is 3.12. The number of primary amides is 1. The van der Waals surface area contributed by atoms with Gasteiger partial charge in [-0.3, -0.25) is 0 Å². The average molecular weight is 199 g/mol. The SMILES string of the molecule is NC(=O)N1CCC2(CC1)CNCCO2. The lowest BCUT2D eigenvalue weighted by molar-refractivity contribution is -0.0943. The first-order valence-electron chi connectivity index (χ1n) is 5.11. The van der Waals surface area contributed by atoms with Crippen LogP contribution in [0.2, 0.25) is 0 Å². The number of likely N-dealkylation sites (tertiary alicyclic amines) is 1. The van der Waals surface area contributed by atoms with E-state index in [9.17, 15) is 4.79 Å². The number of rotatable bonds is 0. The Hall–Kier alpha value is -0.810. The summed E-state index contributed by atoms with van der Waals surface area (Å²) >= 11 is 0. The number of hydrogen-bond donors (Lipinski definition) is 2. The number of ether oxygens (including phenoxy) is 1. The first kappa shape index (κ1) is 9.73. The van der Waals surface area contributed by atoms with Gasteiger partial charge < -0.3 is 20.7 Å². The molecule has 0 atom stereocenters. The maximum absolute atomic E-state index is 10.9. The van der Waals surface area contributed by atoms with E-state index < -0.39 is 0 Å². The van der Waals surface area contributed by atoms with Crippen molar-refractivity contribution in [2.75, 3.05) is 32.8 Å². The Bertz CT molecular complexity index is 216. The van der Waals surface area contributed by atoms with Gasteiger partial charge in [0.15, 0.2) is 0 Å². The molecule has 2 saturated heterocycles. The van der Waals surface area contributed by atoms with E-state index in [0.717, 1.165) is 45.6 Å². The smallest absolute Gasteiger partial charge is 0.314 e. The molecule has 2 fully saturated rings. The monoisotopic (exact) mass is 199 g/mol. The molecule has 0 unspecified atom stereocenters. The average Bonchev–Trinajstić information content (AvgIpc) is 2.19.